The van der Waals surface area contributed by atoms with Crippen molar-refractivity contribution < 1.29 is 27.0 Å². The van der Waals surface area contributed by atoms with Crippen molar-refractivity contribution >= 4 is 5.95 Å². The van der Waals surface area contributed by atoms with Crippen molar-refractivity contribution in [2.45, 2.75) is 64.7 Å². The number of hydrogen-bond donors (Lipinski definition) is 0. The minimum atomic E-state index is -4.67. The van der Waals surface area contributed by atoms with Gasteiger partial charge in [-0.3, -0.25) is 0 Å². The van der Waals surface area contributed by atoms with Crippen LogP contribution in [0.5, 0.6) is 11.6 Å². The molecule has 0 aliphatic carbocycles. The number of alkyl halides is 3. The van der Waals surface area contributed by atoms with Crippen LogP contribution < -0.4 is 9.64 Å². The largest absolute Gasteiger partial charge is 0.439 e. The Labute approximate surface area is 222 Å². The molecule has 1 fully saturated rings. The average molecular weight is 536 g/mol. The van der Waals surface area contributed by atoms with E-state index in [4.69, 9.17) is 9.47 Å². The Morgan fingerprint density at radius 1 is 1.16 bits per heavy atom. The van der Waals surface area contributed by atoms with E-state index in [1.165, 1.54) is 18.2 Å². The Kier molecular flexibility index (Phi) is 12.0. The lowest BCUT2D eigenvalue weighted by atomic mass is 9.90. The molecule has 9 heteroatoms. The van der Waals surface area contributed by atoms with E-state index >= 15 is 0 Å². The summed E-state index contributed by atoms with van der Waals surface area (Å²) in [5.74, 6) is -0.868. The molecular formula is C29H37F4N3O2. The summed E-state index contributed by atoms with van der Waals surface area (Å²) in [6, 6.07) is 5.87. The van der Waals surface area contributed by atoms with Crippen molar-refractivity contribution in [3.63, 3.8) is 0 Å². The van der Waals surface area contributed by atoms with Gasteiger partial charge in [-0.2, -0.15) is 18.2 Å². The lowest BCUT2D eigenvalue weighted by Crippen LogP contribution is -2.52. The molecule has 1 aromatic carbocycles. The second-order valence-electron chi connectivity index (χ2n) is 9.01. The van der Waals surface area contributed by atoms with Gasteiger partial charge < -0.3 is 14.4 Å². The normalized spacial score (nSPS) is 15.1. The lowest BCUT2D eigenvalue weighted by molar-refractivity contribution is -0.141. The summed E-state index contributed by atoms with van der Waals surface area (Å²) in [5, 5.41) is 0. The van der Waals surface area contributed by atoms with Crippen LogP contribution in [-0.4, -0.2) is 35.3 Å². The zero-order valence-electron chi connectivity index (χ0n) is 22.4. The minimum absolute atomic E-state index is 0.0565. The molecular weight excluding hydrogens is 498 g/mol. The Morgan fingerprint density at radius 2 is 1.87 bits per heavy atom. The maximum absolute atomic E-state index is 13.5. The summed E-state index contributed by atoms with van der Waals surface area (Å²) < 4.78 is 65.3. The van der Waals surface area contributed by atoms with Gasteiger partial charge in [-0.05, 0) is 31.4 Å². The molecule has 1 aliphatic rings. The van der Waals surface area contributed by atoms with Crippen molar-refractivity contribution in [2.24, 2.45) is 0 Å². The van der Waals surface area contributed by atoms with Gasteiger partial charge in [0.25, 0.3) is 0 Å². The molecule has 0 spiro atoms. The van der Waals surface area contributed by atoms with Crippen LogP contribution in [-0.2, 0) is 10.9 Å². The molecule has 1 saturated heterocycles. The van der Waals surface area contributed by atoms with Gasteiger partial charge in [-0.15, -0.1) is 0 Å². The fraction of sp³-hybridized carbons (Fsp3) is 0.448. The summed E-state index contributed by atoms with van der Waals surface area (Å²) in [5.41, 5.74) is -0.407. The Bertz CT molecular complexity index is 1070. The molecule has 0 bridgehead atoms. The van der Waals surface area contributed by atoms with Crippen LogP contribution in [0.3, 0.4) is 0 Å². The van der Waals surface area contributed by atoms with Gasteiger partial charge in [0, 0.05) is 25.2 Å². The van der Waals surface area contributed by atoms with E-state index in [1.807, 2.05) is 26.0 Å². The van der Waals surface area contributed by atoms with E-state index in [-0.39, 0.29) is 17.6 Å². The standard InChI is InChI=1S/C21H25F4N3O2.C8H12/c1-3-8-20(9-4-2)14-28(10-11-29-20)19-26-17(21(23,24)25)13-18(27-19)30-16-7-5-6-15(22)12-16;1-4-6-7-8(3)5-2/h5-7,12-13H,3-4,8-11,14H2,1-2H3;4,6-7H,1,3,5H2,2H3/b;7-6-. The number of hydrogen-bond acceptors (Lipinski definition) is 5. The van der Waals surface area contributed by atoms with E-state index in [2.05, 4.69) is 30.0 Å². The Morgan fingerprint density at radius 3 is 2.45 bits per heavy atom. The summed E-state index contributed by atoms with van der Waals surface area (Å²) in [6.45, 7) is 14.6. The van der Waals surface area contributed by atoms with Crippen molar-refractivity contribution in [1.82, 2.24) is 9.97 Å². The molecule has 208 valence electrons. The van der Waals surface area contributed by atoms with E-state index in [1.54, 1.807) is 11.0 Å². The smallest absolute Gasteiger partial charge is 0.433 e. The molecule has 0 radical (unpaired) electrons. The topological polar surface area (TPSA) is 47.5 Å². The lowest BCUT2D eigenvalue weighted by Gasteiger charge is -2.43. The zero-order valence-corrected chi connectivity index (χ0v) is 22.4. The zero-order chi connectivity index (χ0) is 28.2. The van der Waals surface area contributed by atoms with Gasteiger partial charge >= 0.3 is 6.18 Å². The molecule has 2 aromatic rings. The van der Waals surface area contributed by atoms with Crippen LogP contribution in [0.2, 0.25) is 0 Å². The quantitative estimate of drug-likeness (QED) is 0.226. The van der Waals surface area contributed by atoms with E-state index in [0.29, 0.717) is 19.7 Å². The van der Waals surface area contributed by atoms with Gasteiger partial charge in [-0.25, -0.2) is 9.37 Å². The van der Waals surface area contributed by atoms with Crippen LogP contribution in [0.4, 0.5) is 23.5 Å². The highest BCUT2D eigenvalue weighted by Gasteiger charge is 2.38. The van der Waals surface area contributed by atoms with Gasteiger partial charge in [-0.1, -0.05) is 76.6 Å². The molecule has 1 aromatic heterocycles. The monoisotopic (exact) mass is 535 g/mol. The number of nitrogens with zero attached hydrogens (tertiary/aromatic N) is 3. The molecule has 5 nitrogen and oxygen atoms in total. The third-order valence-corrected chi connectivity index (χ3v) is 5.86. The van der Waals surface area contributed by atoms with Gasteiger partial charge in [0.2, 0.25) is 11.8 Å². The maximum atomic E-state index is 13.5. The molecule has 1 aliphatic heterocycles. The third-order valence-electron chi connectivity index (χ3n) is 5.86. The molecule has 38 heavy (non-hydrogen) atoms. The van der Waals surface area contributed by atoms with Crippen molar-refractivity contribution in [1.29, 1.82) is 0 Å². The number of ether oxygens (including phenoxy) is 2. The van der Waals surface area contributed by atoms with E-state index in [0.717, 1.165) is 49.8 Å². The number of rotatable bonds is 10. The molecule has 0 N–H and O–H groups in total. The predicted molar refractivity (Wildman–Crippen MR) is 143 cm³/mol. The average Bonchev–Trinajstić information content (AvgIpc) is 2.87. The molecule has 0 amide bonds. The molecule has 0 unspecified atom stereocenters. The minimum Gasteiger partial charge on any atom is -0.439 e. The Balaban J connectivity index is 0.000000550. The first-order chi connectivity index (χ1) is 18.1. The molecule has 3 rings (SSSR count). The predicted octanol–water partition coefficient (Wildman–Crippen LogP) is 8.30. The van der Waals surface area contributed by atoms with E-state index in [9.17, 15) is 17.6 Å². The fourth-order valence-corrected chi connectivity index (χ4v) is 4.08. The second-order valence-corrected chi connectivity index (χ2v) is 9.01. The van der Waals surface area contributed by atoms with Crippen molar-refractivity contribution in [2.75, 3.05) is 24.6 Å². The highest BCUT2D eigenvalue weighted by atomic mass is 19.4. The van der Waals surface area contributed by atoms with Crippen LogP contribution in [0, 0.1) is 5.82 Å². The van der Waals surface area contributed by atoms with Crippen molar-refractivity contribution in [3.05, 3.63) is 78.8 Å². The van der Waals surface area contributed by atoms with Crippen molar-refractivity contribution in [3.8, 4) is 11.6 Å². The van der Waals surface area contributed by atoms with Crippen LogP contribution in [0.15, 0.2) is 67.3 Å². The number of anilines is 1. The summed E-state index contributed by atoms with van der Waals surface area (Å²) in [7, 11) is 0. The number of aromatic nitrogens is 2. The highest BCUT2D eigenvalue weighted by molar-refractivity contribution is 5.38. The molecule has 0 atom stereocenters. The number of allylic oxidation sites excluding steroid dienone is 4. The first-order valence-corrected chi connectivity index (χ1v) is 12.8. The molecule has 0 saturated carbocycles. The molecule has 2 heterocycles. The van der Waals surface area contributed by atoms with Crippen LogP contribution in [0.1, 0.15) is 58.6 Å². The second kappa shape index (κ2) is 14.7. The number of morpholine rings is 1. The van der Waals surface area contributed by atoms with Gasteiger partial charge in [0.05, 0.1) is 12.2 Å². The summed E-state index contributed by atoms with van der Waals surface area (Å²) in [6.07, 6.45) is 5.33. The SMILES string of the molecule is C=C/C=C\C(=C)CC.CCCC1(CCC)CN(c2nc(Oc3cccc(F)c3)cc(C(F)(F)F)n2)CCO1. The van der Waals surface area contributed by atoms with Crippen LogP contribution in [0.25, 0.3) is 0 Å². The van der Waals surface area contributed by atoms with Gasteiger partial charge in [0.15, 0.2) is 5.69 Å². The Hall–Kier alpha value is -3.20. The van der Waals surface area contributed by atoms with Crippen LogP contribution >= 0.6 is 0 Å². The van der Waals surface area contributed by atoms with Gasteiger partial charge in [0.1, 0.15) is 11.6 Å². The fourth-order valence-electron chi connectivity index (χ4n) is 4.08. The number of benzene rings is 1. The summed E-state index contributed by atoms with van der Waals surface area (Å²) >= 11 is 0. The third kappa shape index (κ3) is 9.59. The first-order valence-electron chi connectivity index (χ1n) is 12.8. The van der Waals surface area contributed by atoms with E-state index < -0.39 is 23.3 Å². The first kappa shape index (κ1) is 31.0. The number of halogens is 4. The maximum Gasteiger partial charge on any atom is 0.433 e. The summed E-state index contributed by atoms with van der Waals surface area (Å²) in [4.78, 5) is 9.66. The highest BCUT2D eigenvalue weighted by Crippen LogP contribution is 2.35.